The van der Waals surface area contributed by atoms with Gasteiger partial charge in [0.15, 0.2) is 0 Å². The summed E-state index contributed by atoms with van der Waals surface area (Å²) in [7, 11) is 0. The zero-order valence-electron chi connectivity index (χ0n) is 9.82. The Bertz CT molecular complexity index is 348. The molecule has 92 valence electrons. The van der Waals surface area contributed by atoms with E-state index in [1.807, 2.05) is 30.3 Å². The number of hydrogen-bond donors (Lipinski definition) is 2. The van der Waals surface area contributed by atoms with Crippen LogP contribution in [0.5, 0.6) is 0 Å². The minimum atomic E-state index is -0.103. The quantitative estimate of drug-likeness (QED) is 0.809. The molecular formula is C13H18N2O2. The number of nitrogens with one attached hydrogen (secondary N) is 2. The van der Waals surface area contributed by atoms with E-state index in [-0.39, 0.29) is 12.5 Å². The van der Waals surface area contributed by atoms with E-state index in [2.05, 4.69) is 10.6 Å². The van der Waals surface area contributed by atoms with Crippen molar-refractivity contribution in [3.05, 3.63) is 30.3 Å². The number of hydrogen-bond acceptors (Lipinski definition) is 3. The summed E-state index contributed by atoms with van der Waals surface area (Å²) in [6, 6.07) is 9.82. The third-order valence-corrected chi connectivity index (χ3v) is 2.77. The fourth-order valence-corrected chi connectivity index (χ4v) is 1.91. The molecular weight excluding hydrogens is 216 g/mol. The van der Waals surface area contributed by atoms with E-state index in [0.29, 0.717) is 12.6 Å². The lowest BCUT2D eigenvalue weighted by Crippen LogP contribution is -2.29. The topological polar surface area (TPSA) is 50.4 Å². The summed E-state index contributed by atoms with van der Waals surface area (Å²) in [6.07, 6.45) is 2.34. The summed E-state index contributed by atoms with van der Waals surface area (Å²) >= 11 is 0. The van der Waals surface area contributed by atoms with Crippen molar-refractivity contribution in [2.24, 2.45) is 0 Å². The van der Waals surface area contributed by atoms with Crippen molar-refractivity contribution < 1.29 is 9.53 Å². The van der Waals surface area contributed by atoms with Gasteiger partial charge in [-0.05, 0) is 31.5 Å². The van der Waals surface area contributed by atoms with Crippen molar-refractivity contribution in [2.75, 3.05) is 25.1 Å². The SMILES string of the molecule is O=C(COC[C@@H]1CCCN1)Nc1ccccc1. The van der Waals surface area contributed by atoms with Crippen molar-refractivity contribution in [3.8, 4) is 0 Å². The molecule has 0 radical (unpaired) electrons. The second kappa shape index (κ2) is 6.37. The first-order valence-electron chi connectivity index (χ1n) is 6.00. The van der Waals surface area contributed by atoms with Crippen molar-refractivity contribution in [1.82, 2.24) is 5.32 Å². The lowest BCUT2D eigenvalue weighted by atomic mass is 10.2. The summed E-state index contributed by atoms with van der Waals surface area (Å²) in [5.74, 6) is -0.103. The van der Waals surface area contributed by atoms with E-state index in [0.717, 1.165) is 18.7 Å². The average Bonchev–Trinajstić information content (AvgIpc) is 2.83. The summed E-state index contributed by atoms with van der Waals surface area (Å²) in [5, 5.41) is 6.11. The Hall–Kier alpha value is -1.39. The van der Waals surface area contributed by atoms with Crippen LogP contribution in [0.2, 0.25) is 0 Å². The highest BCUT2D eigenvalue weighted by Crippen LogP contribution is 2.06. The fraction of sp³-hybridized carbons (Fsp3) is 0.462. The molecule has 1 aliphatic rings. The van der Waals surface area contributed by atoms with E-state index < -0.39 is 0 Å². The normalized spacial score (nSPS) is 19.2. The van der Waals surface area contributed by atoms with Crippen LogP contribution in [0.3, 0.4) is 0 Å². The van der Waals surface area contributed by atoms with Crippen LogP contribution in [0.1, 0.15) is 12.8 Å². The maximum atomic E-state index is 11.5. The fourth-order valence-electron chi connectivity index (χ4n) is 1.91. The molecule has 2 rings (SSSR count). The number of benzene rings is 1. The smallest absolute Gasteiger partial charge is 0.250 e. The minimum Gasteiger partial charge on any atom is -0.370 e. The van der Waals surface area contributed by atoms with Gasteiger partial charge in [-0.3, -0.25) is 4.79 Å². The minimum absolute atomic E-state index is 0.103. The highest BCUT2D eigenvalue weighted by Gasteiger charge is 2.14. The van der Waals surface area contributed by atoms with Gasteiger partial charge < -0.3 is 15.4 Å². The molecule has 0 saturated carbocycles. The molecule has 4 heteroatoms. The largest absolute Gasteiger partial charge is 0.370 e. The van der Waals surface area contributed by atoms with Gasteiger partial charge in [-0.1, -0.05) is 18.2 Å². The number of rotatable bonds is 5. The standard InChI is InChI=1S/C13H18N2O2/c16-13(15-11-5-2-1-3-6-11)10-17-9-12-7-4-8-14-12/h1-3,5-6,12,14H,4,7-10H2,(H,15,16)/t12-/m0/s1. The molecule has 17 heavy (non-hydrogen) atoms. The monoisotopic (exact) mass is 234 g/mol. The second-order valence-corrected chi connectivity index (χ2v) is 4.22. The van der Waals surface area contributed by atoms with Gasteiger partial charge in [-0.25, -0.2) is 0 Å². The zero-order chi connectivity index (χ0) is 11.9. The number of carbonyl (C=O) groups is 1. The Labute approximate surface area is 101 Å². The van der Waals surface area contributed by atoms with Gasteiger partial charge in [0, 0.05) is 11.7 Å². The second-order valence-electron chi connectivity index (χ2n) is 4.22. The zero-order valence-corrected chi connectivity index (χ0v) is 9.82. The van der Waals surface area contributed by atoms with Crippen LogP contribution in [0, 0.1) is 0 Å². The third-order valence-electron chi connectivity index (χ3n) is 2.77. The molecule has 0 spiro atoms. The van der Waals surface area contributed by atoms with Crippen LogP contribution in [0.25, 0.3) is 0 Å². The van der Waals surface area contributed by atoms with Crippen molar-refractivity contribution in [1.29, 1.82) is 0 Å². The average molecular weight is 234 g/mol. The molecule has 1 saturated heterocycles. The van der Waals surface area contributed by atoms with E-state index in [9.17, 15) is 4.79 Å². The Morgan fingerprint density at radius 2 is 2.24 bits per heavy atom. The van der Waals surface area contributed by atoms with Crippen LogP contribution in [0.15, 0.2) is 30.3 Å². The van der Waals surface area contributed by atoms with Gasteiger partial charge in [-0.15, -0.1) is 0 Å². The molecule has 2 N–H and O–H groups in total. The van der Waals surface area contributed by atoms with Crippen LogP contribution in [-0.2, 0) is 9.53 Å². The summed E-state index contributed by atoms with van der Waals surface area (Å²) in [5.41, 5.74) is 0.806. The van der Waals surface area contributed by atoms with Gasteiger partial charge in [0.25, 0.3) is 0 Å². The molecule has 1 aliphatic heterocycles. The van der Waals surface area contributed by atoms with Crippen LogP contribution in [0.4, 0.5) is 5.69 Å². The predicted octanol–water partition coefficient (Wildman–Crippen LogP) is 1.39. The molecule has 1 amide bonds. The summed E-state index contributed by atoms with van der Waals surface area (Å²) < 4.78 is 5.38. The number of ether oxygens (including phenoxy) is 1. The molecule has 1 atom stereocenters. The molecule has 1 aromatic rings. The molecule has 1 aromatic carbocycles. The van der Waals surface area contributed by atoms with Gasteiger partial charge in [0.1, 0.15) is 6.61 Å². The summed E-state index contributed by atoms with van der Waals surface area (Å²) in [4.78, 5) is 11.5. The lowest BCUT2D eigenvalue weighted by Gasteiger charge is -2.10. The molecule has 1 heterocycles. The van der Waals surface area contributed by atoms with Gasteiger partial charge >= 0.3 is 0 Å². The molecule has 0 unspecified atom stereocenters. The summed E-state index contributed by atoms with van der Waals surface area (Å²) in [6.45, 7) is 1.79. The maximum Gasteiger partial charge on any atom is 0.250 e. The molecule has 0 aromatic heterocycles. The highest BCUT2D eigenvalue weighted by molar-refractivity contribution is 5.91. The van der Waals surface area contributed by atoms with Gasteiger partial charge in [0.2, 0.25) is 5.91 Å². The van der Waals surface area contributed by atoms with Gasteiger partial charge in [0.05, 0.1) is 6.61 Å². The molecule has 4 nitrogen and oxygen atoms in total. The van der Waals surface area contributed by atoms with Crippen molar-refractivity contribution in [2.45, 2.75) is 18.9 Å². The highest BCUT2D eigenvalue weighted by atomic mass is 16.5. The van der Waals surface area contributed by atoms with E-state index in [1.54, 1.807) is 0 Å². The first-order valence-corrected chi connectivity index (χ1v) is 6.00. The molecule has 0 aliphatic carbocycles. The van der Waals surface area contributed by atoms with Crippen LogP contribution >= 0.6 is 0 Å². The Balaban J connectivity index is 1.64. The first kappa shape index (κ1) is 12.1. The number of anilines is 1. The number of carbonyl (C=O) groups excluding carboxylic acids is 1. The van der Waals surface area contributed by atoms with E-state index >= 15 is 0 Å². The first-order chi connectivity index (χ1) is 8.34. The predicted molar refractivity (Wildman–Crippen MR) is 66.9 cm³/mol. The van der Waals surface area contributed by atoms with E-state index in [1.165, 1.54) is 6.42 Å². The maximum absolute atomic E-state index is 11.5. The Morgan fingerprint density at radius 3 is 2.94 bits per heavy atom. The Kier molecular flexibility index (Phi) is 4.53. The molecule has 0 bridgehead atoms. The Morgan fingerprint density at radius 1 is 1.41 bits per heavy atom. The lowest BCUT2D eigenvalue weighted by molar-refractivity contribution is -0.120. The number of para-hydroxylation sites is 1. The number of amides is 1. The van der Waals surface area contributed by atoms with E-state index in [4.69, 9.17) is 4.74 Å². The van der Waals surface area contributed by atoms with Crippen molar-refractivity contribution in [3.63, 3.8) is 0 Å². The van der Waals surface area contributed by atoms with Crippen LogP contribution < -0.4 is 10.6 Å². The van der Waals surface area contributed by atoms with Crippen molar-refractivity contribution >= 4 is 11.6 Å². The van der Waals surface area contributed by atoms with Gasteiger partial charge in [-0.2, -0.15) is 0 Å². The molecule has 1 fully saturated rings. The van der Waals surface area contributed by atoms with Crippen LogP contribution in [-0.4, -0.2) is 31.7 Å². The third kappa shape index (κ3) is 4.17.